The fourth-order valence-electron chi connectivity index (χ4n) is 5.13. The Hall–Kier alpha value is -5.77. The van der Waals surface area contributed by atoms with Gasteiger partial charge in [0, 0.05) is 61.8 Å². The topological polar surface area (TPSA) is 117 Å². The highest BCUT2D eigenvalue weighted by atomic mass is 19.1. The molecule has 0 spiro atoms. The maximum absolute atomic E-state index is 16.3. The van der Waals surface area contributed by atoms with Gasteiger partial charge in [0.1, 0.15) is 28.6 Å². The van der Waals surface area contributed by atoms with Crippen LogP contribution in [0, 0.1) is 24.0 Å². The molecule has 13 heteroatoms. The average molecular weight is 598 g/mol. The summed E-state index contributed by atoms with van der Waals surface area (Å²) in [5.74, 6) is -0.871. The predicted molar refractivity (Wildman–Crippen MR) is 156 cm³/mol. The number of hydrogen-bond acceptors (Lipinski definition) is 9. The van der Waals surface area contributed by atoms with Gasteiger partial charge in [-0.2, -0.15) is 9.97 Å². The van der Waals surface area contributed by atoms with Gasteiger partial charge in [0.2, 0.25) is 0 Å². The number of ether oxygens (including phenoxy) is 1. The van der Waals surface area contributed by atoms with Crippen molar-refractivity contribution < 1.29 is 27.8 Å². The van der Waals surface area contributed by atoms with Crippen molar-refractivity contribution >= 4 is 39.5 Å². The van der Waals surface area contributed by atoms with E-state index in [-0.39, 0.29) is 76.9 Å². The van der Waals surface area contributed by atoms with Gasteiger partial charge in [-0.25, -0.2) is 23.1 Å². The lowest BCUT2D eigenvalue weighted by molar-refractivity contribution is -0.128. The third-order valence-corrected chi connectivity index (χ3v) is 7.19. The van der Waals surface area contributed by atoms with E-state index in [2.05, 4.69) is 30.8 Å². The standard InChI is InChI=1S/C31H22F3N7O3/c1-3-19-22(32)6-5-17-13-18(42)14-20(25(17)19)27-26(34)28-21(16-37-27)29(39-31(38-28)44-2)40-9-11-41(12-10-40)30(43)23(33)15-24-35-7-4-8-36-24/h1,4-8,13-16,42H,9-12H2,2H3/b23-15-. The highest BCUT2D eigenvalue weighted by Crippen LogP contribution is 2.38. The first-order valence-corrected chi connectivity index (χ1v) is 13.3. The van der Waals surface area contributed by atoms with Crippen LogP contribution in [-0.2, 0) is 4.79 Å². The molecule has 6 rings (SSSR count). The van der Waals surface area contributed by atoms with Crippen LogP contribution in [0.15, 0.2) is 54.7 Å². The van der Waals surface area contributed by atoms with E-state index >= 15 is 4.39 Å². The predicted octanol–water partition coefficient (Wildman–Crippen LogP) is 4.27. The fraction of sp³-hybridized carbons (Fsp3) is 0.161. The molecule has 3 aromatic heterocycles. The molecular weight excluding hydrogens is 575 g/mol. The maximum atomic E-state index is 16.3. The number of aromatic nitrogens is 5. The molecule has 1 fully saturated rings. The fourth-order valence-corrected chi connectivity index (χ4v) is 5.13. The minimum atomic E-state index is -0.995. The zero-order chi connectivity index (χ0) is 31.0. The summed E-state index contributed by atoms with van der Waals surface area (Å²) in [6.07, 6.45) is 10.8. The van der Waals surface area contributed by atoms with Gasteiger partial charge in [0.15, 0.2) is 17.5 Å². The van der Waals surface area contributed by atoms with Crippen molar-refractivity contribution in [3.63, 3.8) is 0 Å². The van der Waals surface area contributed by atoms with Crippen molar-refractivity contribution in [2.45, 2.75) is 0 Å². The monoisotopic (exact) mass is 597 g/mol. The van der Waals surface area contributed by atoms with Gasteiger partial charge < -0.3 is 19.6 Å². The van der Waals surface area contributed by atoms with Gasteiger partial charge in [0.05, 0.1) is 18.1 Å². The van der Waals surface area contributed by atoms with Crippen LogP contribution in [0.25, 0.3) is 39.0 Å². The Morgan fingerprint density at radius 3 is 2.55 bits per heavy atom. The van der Waals surface area contributed by atoms with Crippen molar-refractivity contribution in [2.24, 2.45) is 0 Å². The molecule has 2 aromatic carbocycles. The molecule has 0 bridgehead atoms. The summed E-state index contributed by atoms with van der Waals surface area (Å²) in [5.41, 5.74) is -0.376. The molecule has 0 aliphatic carbocycles. The number of rotatable bonds is 5. The van der Waals surface area contributed by atoms with E-state index in [1.54, 1.807) is 11.0 Å². The Kier molecular flexibility index (Phi) is 7.40. The van der Waals surface area contributed by atoms with Crippen LogP contribution >= 0.6 is 0 Å². The van der Waals surface area contributed by atoms with Crippen LogP contribution in [0.3, 0.4) is 0 Å². The minimum absolute atomic E-state index is 0.0739. The number of halogens is 3. The summed E-state index contributed by atoms with van der Waals surface area (Å²) >= 11 is 0. The number of nitrogens with zero attached hydrogens (tertiary/aromatic N) is 7. The lowest BCUT2D eigenvalue weighted by Crippen LogP contribution is -2.49. The summed E-state index contributed by atoms with van der Waals surface area (Å²) < 4.78 is 50.8. The van der Waals surface area contributed by atoms with Crippen molar-refractivity contribution in [3.05, 3.63) is 77.8 Å². The lowest BCUT2D eigenvalue weighted by atomic mass is 9.96. The molecule has 1 aliphatic heterocycles. The summed E-state index contributed by atoms with van der Waals surface area (Å²) in [7, 11) is 1.33. The van der Waals surface area contributed by atoms with Crippen LogP contribution in [0.1, 0.15) is 11.4 Å². The molecule has 10 nitrogen and oxygen atoms in total. The third kappa shape index (κ3) is 5.06. The molecule has 0 unspecified atom stereocenters. The van der Waals surface area contributed by atoms with E-state index in [1.165, 1.54) is 54.9 Å². The molecule has 4 heterocycles. The van der Waals surface area contributed by atoms with E-state index < -0.39 is 23.4 Å². The first kappa shape index (κ1) is 28.4. The molecule has 1 aliphatic rings. The molecular formula is C31H22F3N7O3. The van der Waals surface area contributed by atoms with Crippen molar-refractivity contribution in [1.29, 1.82) is 0 Å². The normalized spacial score (nSPS) is 13.8. The number of benzene rings is 2. The number of piperazine rings is 1. The zero-order valence-electron chi connectivity index (χ0n) is 23.1. The Morgan fingerprint density at radius 2 is 1.84 bits per heavy atom. The molecule has 44 heavy (non-hydrogen) atoms. The van der Waals surface area contributed by atoms with E-state index in [1.807, 2.05) is 0 Å². The SMILES string of the molecule is C#Cc1c(F)ccc2cc(O)cc(-c3ncc4c(N5CCN(C(=O)/C(F)=C/c6ncccn6)CC5)nc(OC)nc4c3F)c12. The van der Waals surface area contributed by atoms with Gasteiger partial charge in [-0.15, -0.1) is 6.42 Å². The van der Waals surface area contributed by atoms with Crippen LogP contribution in [0.4, 0.5) is 19.0 Å². The third-order valence-electron chi connectivity index (χ3n) is 7.19. The van der Waals surface area contributed by atoms with Crippen LogP contribution in [0.5, 0.6) is 11.8 Å². The molecule has 0 radical (unpaired) electrons. The Bertz CT molecular complexity index is 2010. The molecule has 220 valence electrons. The van der Waals surface area contributed by atoms with Crippen LogP contribution in [0.2, 0.25) is 0 Å². The van der Waals surface area contributed by atoms with Gasteiger partial charge in [-0.3, -0.25) is 9.78 Å². The van der Waals surface area contributed by atoms with Crippen LogP contribution in [-0.4, -0.2) is 74.1 Å². The average Bonchev–Trinajstić information content (AvgIpc) is 3.04. The second kappa shape index (κ2) is 11.5. The zero-order valence-corrected chi connectivity index (χ0v) is 23.1. The minimum Gasteiger partial charge on any atom is -0.508 e. The number of terminal acetylenes is 1. The molecule has 1 N–H and O–H groups in total. The second-order valence-corrected chi connectivity index (χ2v) is 9.75. The first-order chi connectivity index (χ1) is 21.3. The summed E-state index contributed by atoms with van der Waals surface area (Å²) in [6, 6.07) is 6.70. The Labute approximate surface area is 248 Å². The van der Waals surface area contributed by atoms with Crippen molar-refractivity contribution in [1.82, 2.24) is 29.8 Å². The number of anilines is 1. The van der Waals surface area contributed by atoms with Gasteiger partial charge >= 0.3 is 6.01 Å². The van der Waals surface area contributed by atoms with Gasteiger partial charge in [-0.05, 0) is 29.7 Å². The van der Waals surface area contributed by atoms with Gasteiger partial charge in [-0.1, -0.05) is 12.0 Å². The smallest absolute Gasteiger partial charge is 0.318 e. The van der Waals surface area contributed by atoms with Crippen LogP contribution < -0.4 is 9.64 Å². The first-order valence-electron chi connectivity index (χ1n) is 13.3. The van der Waals surface area contributed by atoms with E-state index in [0.717, 1.165) is 6.08 Å². The molecule has 5 aromatic rings. The lowest BCUT2D eigenvalue weighted by Gasteiger charge is -2.35. The van der Waals surface area contributed by atoms with Gasteiger partial charge in [0.25, 0.3) is 5.91 Å². The number of amides is 1. The maximum Gasteiger partial charge on any atom is 0.318 e. The largest absolute Gasteiger partial charge is 0.508 e. The number of carbonyl (C=O) groups is 1. The second-order valence-electron chi connectivity index (χ2n) is 9.75. The van der Waals surface area contributed by atoms with E-state index in [9.17, 15) is 18.7 Å². The highest BCUT2D eigenvalue weighted by molar-refractivity contribution is 6.03. The molecule has 0 saturated carbocycles. The number of phenols is 1. The highest BCUT2D eigenvalue weighted by Gasteiger charge is 2.28. The molecule has 1 amide bonds. The quantitative estimate of drug-likeness (QED) is 0.234. The van der Waals surface area contributed by atoms with Crippen molar-refractivity contribution in [2.75, 3.05) is 38.2 Å². The number of carbonyl (C=O) groups excluding carboxylic acids is 1. The number of hydrogen-bond donors (Lipinski definition) is 1. The van der Waals surface area contributed by atoms with Crippen molar-refractivity contribution in [3.8, 4) is 35.4 Å². The number of fused-ring (bicyclic) bond motifs is 2. The molecule has 1 saturated heterocycles. The summed E-state index contributed by atoms with van der Waals surface area (Å²) in [5, 5.41) is 11.2. The number of phenolic OH excluding ortho intramolecular Hbond substituents is 1. The number of pyridine rings is 1. The van der Waals surface area contributed by atoms with E-state index in [0.29, 0.717) is 11.2 Å². The molecule has 0 atom stereocenters. The number of methoxy groups -OCH3 is 1. The number of aromatic hydroxyl groups is 1. The summed E-state index contributed by atoms with van der Waals surface area (Å²) in [4.78, 5) is 36.6. The Morgan fingerprint density at radius 1 is 1.09 bits per heavy atom. The van der Waals surface area contributed by atoms with E-state index in [4.69, 9.17) is 11.2 Å². The summed E-state index contributed by atoms with van der Waals surface area (Å²) in [6.45, 7) is 0.767. The Balaban J connectivity index is 1.36.